The van der Waals surface area contributed by atoms with Gasteiger partial charge in [-0.15, -0.1) is 0 Å². The first-order valence-electron chi connectivity index (χ1n) is 7.47. The third-order valence-electron chi connectivity index (χ3n) is 3.37. The molecule has 0 bridgehead atoms. The van der Waals surface area contributed by atoms with Crippen molar-refractivity contribution in [3.63, 3.8) is 0 Å². The summed E-state index contributed by atoms with van der Waals surface area (Å²) in [6, 6.07) is 17.7. The van der Waals surface area contributed by atoms with E-state index in [4.69, 9.17) is 0 Å². The van der Waals surface area contributed by atoms with E-state index < -0.39 is 10.0 Å². The van der Waals surface area contributed by atoms with Crippen LogP contribution >= 0.6 is 0 Å². The summed E-state index contributed by atoms with van der Waals surface area (Å²) in [5.41, 5.74) is 2.86. The van der Waals surface area contributed by atoms with Crippen molar-refractivity contribution in [1.82, 2.24) is 5.32 Å². The number of benzene rings is 2. The topological polar surface area (TPSA) is 58.2 Å². The summed E-state index contributed by atoms with van der Waals surface area (Å²) in [5.74, 6) is 0. The summed E-state index contributed by atoms with van der Waals surface area (Å²) >= 11 is 0. The molecule has 2 aromatic carbocycles. The van der Waals surface area contributed by atoms with Crippen LogP contribution in [0, 0.1) is 0 Å². The van der Waals surface area contributed by atoms with E-state index >= 15 is 0 Å². The quantitative estimate of drug-likeness (QED) is 0.818. The molecule has 0 aliphatic carbocycles. The lowest BCUT2D eigenvalue weighted by Gasteiger charge is -2.13. The number of hydrogen-bond acceptors (Lipinski definition) is 3. The molecule has 2 aromatic rings. The van der Waals surface area contributed by atoms with Crippen molar-refractivity contribution in [2.45, 2.75) is 13.0 Å². The predicted octanol–water partition coefficient (Wildman–Crippen LogP) is 3.42. The number of nitrogens with one attached hydrogen (secondary N) is 2. The fourth-order valence-corrected chi connectivity index (χ4v) is 2.74. The fourth-order valence-electron chi connectivity index (χ4n) is 2.18. The van der Waals surface area contributed by atoms with Gasteiger partial charge in [0.1, 0.15) is 0 Å². The molecule has 0 saturated heterocycles. The summed E-state index contributed by atoms with van der Waals surface area (Å²) in [6.45, 7) is 2.84. The number of sulfonamides is 1. The molecule has 0 aliphatic rings. The molecule has 0 aromatic heterocycles. The maximum atomic E-state index is 11.2. The molecule has 122 valence electrons. The highest BCUT2D eigenvalue weighted by Crippen LogP contribution is 2.16. The van der Waals surface area contributed by atoms with Crippen molar-refractivity contribution in [3.8, 4) is 0 Å². The zero-order valence-corrected chi connectivity index (χ0v) is 14.2. The molecule has 0 saturated carbocycles. The van der Waals surface area contributed by atoms with E-state index in [1.54, 1.807) is 12.1 Å². The summed E-state index contributed by atoms with van der Waals surface area (Å²) < 4.78 is 24.8. The molecule has 0 radical (unpaired) electrons. The highest BCUT2D eigenvalue weighted by Gasteiger charge is 2.05. The zero-order chi connectivity index (χ0) is 16.7. The van der Waals surface area contributed by atoms with Gasteiger partial charge >= 0.3 is 0 Å². The molecule has 0 spiro atoms. The van der Waals surface area contributed by atoms with E-state index in [0.29, 0.717) is 5.69 Å². The van der Waals surface area contributed by atoms with Crippen LogP contribution in [0.4, 0.5) is 5.69 Å². The lowest BCUT2D eigenvalue weighted by molar-refractivity contribution is 0.607. The Morgan fingerprint density at radius 3 is 2.30 bits per heavy atom. The molecule has 0 heterocycles. The third kappa shape index (κ3) is 6.26. The number of anilines is 1. The second-order valence-electron chi connectivity index (χ2n) is 5.44. The van der Waals surface area contributed by atoms with Crippen LogP contribution in [0.3, 0.4) is 0 Å². The van der Waals surface area contributed by atoms with Gasteiger partial charge in [-0.25, -0.2) is 8.42 Å². The normalized spacial score (nSPS) is 13.1. The van der Waals surface area contributed by atoms with Crippen molar-refractivity contribution in [1.29, 1.82) is 0 Å². The first-order valence-corrected chi connectivity index (χ1v) is 9.36. The molecule has 2 N–H and O–H groups in total. The van der Waals surface area contributed by atoms with E-state index in [1.165, 1.54) is 5.56 Å². The lowest BCUT2D eigenvalue weighted by Crippen LogP contribution is -2.18. The van der Waals surface area contributed by atoms with Crippen molar-refractivity contribution in [3.05, 3.63) is 71.8 Å². The number of rotatable bonds is 7. The van der Waals surface area contributed by atoms with Crippen molar-refractivity contribution in [2.75, 3.05) is 17.5 Å². The first-order chi connectivity index (χ1) is 10.9. The molecular formula is C18H22N2O2S. The van der Waals surface area contributed by atoms with Crippen molar-refractivity contribution >= 4 is 21.8 Å². The number of hydrogen-bond donors (Lipinski definition) is 2. The first kappa shape index (κ1) is 17.2. The molecule has 0 fully saturated rings. The highest BCUT2D eigenvalue weighted by molar-refractivity contribution is 7.92. The monoisotopic (exact) mass is 330 g/mol. The van der Waals surface area contributed by atoms with Gasteiger partial charge in [-0.3, -0.25) is 4.72 Å². The Hall–Kier alpha value is -2.11. The maximum Gasteiger partial charge on any atom is 0.229 e. The van der Waals surface area contributed by atoms with Crippen LogP contribution in [0.15, 0.2) is 60.7 Å². The van der Waals surface area contributed by atoms with E-state index in [1.807, 2.05) is 30.3 Å². The van der Waals surface area contributed by atoms with E-state index in [9.17, 15) is 8.42 Å². The standard InChI is InChI=1S/C18H22N2O2S/c1-15(19-14-6-9-16-7-4-3-5-8-16)17-10-12-18(13-11-17)20-23(2,21)22/h3-13,15,19-20H,14H2,1-2H3/b9-6-/t15-/m0/s1. The Morgan fingerprint density at radius 2 is 1.70 bits per heavy atom. The average molecular weight is 330 g/mol. The Kier molecular flexibility index (Phi) is 5.96. The van der Waals surface area contributed by atoms with Gasteiger partial charge in [0, 0.05) is 18.3 Å². The van der Waals surface area contributed by atoms with Gasteiger partial charge < -0.3 is 5.32 Å². The van der Waals surface area contributed by atoms with Crippen LogP contribution < -0.4 is 10.0 Å². The Balaban J connectivity index is 1.86. The van der Waals surface area contributed by atoms with E-state index in [-0.39, 0.29) is 6.04 Å². The fraction of sp³-hybridized carbons (Fsp3) is 0.222. The van der Waals surface area contributed by atoms with Crippen LogP contribution in [0.2, 0.25) is 0 Å². The lowest BCUT2D eigenvalue weighted by atomic mass is 10.1. The molecule has 1 atom stereocenters. The van der Waals surface area contributed by atoms with E-state index in [0.717, 1.165) is 18.4 Å². The van der Waals surface area contributed by atoms with Gasteiger partial charge in [-0.1, -0.05) is 54.6 Å². The van der Waals surface area contributed by atoms with Crippen molar-refractivity contribution < 1.29 is 8.42 Å². The van der Waals surface area contributed by atoms with Gasteiger partial charge in [0.2, 0.25) is 10.0 Å². The van der Waals surface area contributed by atoms with Crippen LogP contribution in [0.25, 0.3) is 6.08 Å². The van der Waals surface area contributed by atoms with Crippen LogP contribution in [0.5, 0.6) is 0 Å². The molecule has 0 amide bonds. The average Bonchev–Trinajstić information content (AvgIpc) is 2.51. The Labute approximate surface area is 138 Å². The minimum absolute atomic E-state index is 0.183. The van der Waals surface area contributed by atoms with E-state index in [2.05, 4.69) is 41.2 Å². The molecule has 0 unspecified atom stereocenters. The van der Waals surface area contributed by atoms with Crippen LogP contribution in [-0.2, 0) is 10.0 Å². The highest BCUT2D eigenvalue weighted by atomic mass is 32.2. The molecular weight excluding hydrogens is 308 g/mol. The van der Waals surface area contributed by atoms with Gasteiger partial charge in [0.25, 0.3) is 0 Å². The summed E-state index contributed by atoms with van der Waals surface area (Å²) in [7, 11) is -3.23. The largest absolute Gasteiger partial charge is 0.307 e. The molecule has 23 heavy (non-hydrogen) atoms. The SMILES string of the molecule is C[C@H](NC/C=C\c1ccccc1)c1ccc(NS(C)(=O)=O)cc1. The molecule has 4 nitrogen and oxygen atoms in total. The smallest absolute Gasteiger partial charge is 0.229 e. The molecule has 2 rings (SSSR count). The van der Waals surface area contributed by atoms with Gasteiger partial charge in [0.15, 0.2) is 0 Å². The maximum absolute atomic E-state index is 11.2. The minimum Gasteiger partial charge on any atom is -0.307 e. The molecule has 5 heteroatoms. The van der Waals surface area contributed by atoms with Crippen LogP contribution in [0.1, 0.15) is 24.1 Å². The minimum atomic E-state index is -3.23. The van der Waals surface area contributed by atoms with Gasteiger partial charge in [0.05, 0.1) is 6.26 Å². The van der Waals surface area contributed by atoms with Crippen molar-refractivity contribution in [2.24, 2.45) is 0 Å². The Morgan fingerprint density at radius 1 is 1.04 bits per heavy atom. The van der Waals surface area contributed by atoms with Crippen LogP contribution in [-0.4, -0.2) is 21.2 Å². The summed E-state index contributed by atoms with van der Waals surface area (Å²) in [4.78, 5) is 0. The van der Waals surface area contributed by atoms with Gasteiger partial charge in [-0.2, -0.15) is 0 Å². The Bertz CT molecular complexity index is 738. The second-order valence-corrected chi connectivity index (χ2v) is 7.19. The summed E-state index contributed by atoms with van der Waals surface area (Å²) in [5, 5.41) is 3.41. The predicted molar refractivity (Wildman–Crippen MR) is 96.8 cm³/mol. The zero-order valence-electron chi connectivity index (χ0n) is 13.4. The molecule has 0 aliphatic heterocycles. The summed E-state index contributed by atoms with van der Waals surface area (Å²) in [6.07, 6.45) is 5.31. The van der Waals surface area contributed by atoms with Gasteiger partial charge in [-0.05, 0) is 30.2 Å². The third-order valence-corrected chi connectivity index (χ3v) is 3.97. The second kappa shape index (κ2) is 7.94.